The summed E-state index contributed by atoms with van der Waals surface area (Å²) in [6.45, 7) is 3.94. The number of carbonyl (C=O) groups is 1. The molecule has 0 saturated heterocycles. The van der Waals surface area contributed by atoms with Gasteiger partial charge in [-0.3, -0.25) is 4.79 Å². The predicted octanol–water partition coefficient (Wildman–Crippen LogP) is 1.80. The van der Waals surface area contributed by atoms with E-state index in [2.05, 4.69) is 15.5 Å². The summed E-state index contributed by atoms with van der Waals surface area (Å²) in [6.07, 6.45) is 0. The zero-order valence-corrected chi connectivity index (χ0v) is 11.0. The van der Waals surface area contributed by atoms with Gasteiger partial charge in [-0.15, -0.1) is 0 Å². The molecule has 1 amide bonds. The quantitative estimate of drug-likeness (QED) is 0.877. The minimum atomic E-state index is -0.198. The molecule has 0 fully saturated rings. The molecule has 2 aromatic rings. The van der Waals surface area contributed by atoms with E-state index in [4.69, 9.17) is 5.73 Å². The molecule has 0 saturated carbocycles. The van der Waals surface area contributed by atoms with Crippen LogP contribution in [0, 0.1) is 13.8 Å². The Morgan fingerprint density at radius 2 is 2.00 bits per heavy atom. The first-order valence-electron chi connectivity index (χ1n) is 6.02. The monoisotopic (exact) mass is 256 g/mol. The second kappa shape index (κ2) is 5.58. The van der Waals surface area contributed by atoms with Crippen molar-refractivity contribution in [2.45, 2.75) is 20.4 Å². The maximum Gasteiger partial charge on any atom is 0.257 e. The van der Waals surface area contributed by atoms with Crippen molar-refractivity contribution in [3.63, 3.8) is 0 Å². The molecule has 98 valence electrons. The topological polar surface area (TPSA) is 80.9 Å². The Morgan fingerprint density at radius 3 is 2.74 bits per heavy atom. The van der Waals surface area contributed by atoms with Crippen molar-refractivity contribution in [1.82, 2.24) is 10.2 Å². The van der Waals surface area contributed by atoms with Crippen LogP contribution in [0.15, 0.2) is 30.3 Å². The number of nitrogens with zero attached hydrogens (tertiary/aromatic N) is 2. The average molecular weight is 256 g/mol. The van der Waals surface area contributed by atoms with Crippen molar-refractivity contribution >= 4 is 11.6 Å². The molecule has 5 nitrogen and oxygen atoms in total. The van der Waals surface area contributed by atoms with Crippen LogP contribution in [0.5, 0.6) is 0 Å². The molecule has 19 heavy (non-hydrogen) atoms. The number of carbonyl (C=O) groups excluding carboxylic acids is 1. The van der Waals surface area contributed by atoms with Crippen molar-refractivity contribution < 1.29 is 4.79 Å². The van der Waals surface area contributed by atoms with E-state index in [-0.39, 0.29) is 5.91 Å². The molecule has 0 atom stereocenters. The van der Waals surface area contributed by atoms with Gasteiger partial charge in [-0.05, 0) is 31.5 Å². The highest BCUT2D eigenvalue weighted by atomic mass is 16.1. The lowest BCUT2D eigenvalue weighted by atomic mass is 10.1. The van der Waals surface area contributed by atoms with Crippen LogP contribution >= 0.6 is 0 Å². The number of amides is 1. The van der Waals surface area contributed by atoms with Gasteiger partial charge >= 0.3 is 0 Å². The third kappa shape index (κ3) is 2.95. The minimum Gasteiger partial charge on any atom is -0.326 e. The van der Waals surface area contributed by atoms with Gasteiger partial charge in [-0.1, -0.05) is 18.2 Å². The number of benzene rings is 1. The van der Waals surface area contributed by atoms with Crippen LogP contribution in [0.3, 0.4) is 0 Å². The van der Waals surface area contributed by atoms with Crippen molar-refractivity contribution in [1.29, 1.82) is 0 Å². The Hall–Kier alpha value is -2.27. The summed E-state index contributed by atoms with van der Waals surface area (Å²) in [4.78, 5) is 12.2. The highest BCUT2D eigenvalue weighted by Gasteiger charge is 2.12. The average Bonchev–Trinajstić information content (AvgIpc) is 2.42. The van der Waals surface area contributed by atoms with Gasteiger partial charge in [-0.25, -0.2) is 0 Å². The van der Waals surface area contributed by atoms with E-state index in [1.54, 1.807) is 19.9 Å². The number of rotatable bonds is 3. The van der Waals surface area contributed by atoms with Crippen LogP contribution in [0.4, 0.5) is 5.69 Å². The van der Waals surface area contributed by atoms with Gasteiger partial charge in [0.25, 0.3) is 5.91 Å². The van der Waals surface area contributed by atoms with E-state index in [1.807, 2.05) is 24.3 Å². The summed E-state index contributed by atoms with van der Waals surface area (Å²) in [5.41, 5.74) is 9.11. The van der Waals surface area contributed by atoms with E-state index >= 15 is 0 Å². The summed E-state index contributed by atoms with van der Waals surface area (Å²) in [6, 6.07) is 9.19. The SMILES string of the molecule is Cc1cc(C(=O)Nc2ccccc2CN)c(C)nn1. The summed E-state index contributed by atoms with van der Waals surface area (Å²) in [5, 5.41) is 10.7. The zero-order chi connectivity index (χ0) is 13.8. The molecule has 0 aliphatic rings. The summed E-state index contributed by atoms with van der Waals surface area (Å²) >= 11 is 0. The maximum absolute atomic E-state index is 12.2. The van der Waals surface area contributed by atoms with E-state index in [9.17, 15) is 4.79 Å². The smallest absolute Gasteiger partial charge is 0.257 e. The van der Waals surface area contributed by atoms with Crippen molar-refractivity contribution in [3.8, 4) is 0 Å². The second-order valence-electron chi connectivity index (χ2n) is 4.30. The van der Waals surface area contributed by atoms with Crippen molar-refractivity contribution in [2.75, 3.05) is 5.32 Å². The van der Waals surface area contributed by atoms with Crippen molar-refractivity contribution in [2.24, 2.45) is 5.73 Å². The number of aromatic nitrogens is 2. The lowest BCUT2D eigenvalue weighted by Crippen LogP contribution is -2.16. The Labute approximate surface area is 111 Å². The van der Waals surface area contributed by atoms with E-state index in [1.165, 1.54) is 0 Å². The molecule has 1 heterocycles. The number of aryl methyl sites for hydroxylation is 2. The number of nitrogens with two attached hydrogens (primary N) is 1. The fourth-order valence-electron chi connectivity index (χ4n) is 1.79. The van der Waals surface area contributed by atoms with Crippen LogP contribution in [0.1, 0.15) is 27.3 Å². The molecule has 3 N–H and O–H groups in total. The van der Waals surface area contributed by atoms with Crippen LogP contribution in [-0.2, 0) is 6.54 Å². The van der Waals surface area contributed by atoms with Gasteiger partial charge in [0.2, 0.25) is 0 Å². The molecule has 0 radical (unpaired) electrons. The molecule has 1 aromatic heterocycles. The van der Waals surface area contributed by atoms with Crippen molar-refractivity contribution in [3.05, 3.63) is 52.8 Å². The number of hydrogen-bond acceptors (Lipinski definition) is 4. The lowest BCUT2D eigenvalue weighted by molar-refractivity contribution is 0.102. The molecule has 5 heteroatoms. The predicted molar refractivity (Wildman–Crippen MR) is 73.8 cm³/mol. The molecule has 0 aliphatic carbocycles. The van der Waals surface area contributed by atoms with Gasteiger partial charge in [0, 0.05) is 12.2 Å². The fraction of sp³-hybridized carbons (Fsp3) is 0.214. The van der Waals surface area contributed by atoms with E-state index in [0.717, 1.165) is 11.3 Å². The molecule has 1 aromatic carbocycles. The van der Waals surface area contributed by atoms with Gasteiger partial charge < -0.3 is 11.1 Å². The first kappa shape index (κ1) is 13.2. The first-order valence-corrected chi connectivity index (χ1v) is 6.02. The molecule has 0 spiro atoms. The maximum atomic E-state index is 12.2. The Morgan fingerprint density at radius 1 is 1.26 bits per heavy atom. The number of hydrogen-bond donors (Lipinski definition) is 2. The number of nitrogens with one attached hydrogen (secondary N) is 1. The molecular formula is C14H16N4O. The molecule has 0 aliphatic heterocycles. The Kier molecular flexibility index (Phi) is 3.87. The lowest BCUT2D eigenvalue weighted by Gasteiger charge is -2.10. The van der Waals surface area contributed by atoms with Gasteiger partial charge in [0.1, 0.15) is 0 Å². The van der Waals surface area contributed by atoms with E-state index in [0.29, 0.717) is 23.5 Å². The second-order valence-corrected chi connectivity index (χ2v) is 4.30. The third-order valence-corrected chi connectivity index (χ3v) is 2.83. The van der Waals surface area contributed by atoms with Gasteiger partial charge in [0.15, 0.2) is 0 Å². The summed E-state index contributed by atoms with van der Waals surface area (Å²) < 4.78 is 0. The minimum absolute atomic E-state index is 0.198. The largest absolute Gasteiger partial charge is 0.326 e. The molecule has 0 bridgehead atoms. The summed E-state index contributed by atoms with van der Waals surface area (Å²) in [7, 11) is 0. The van der Waals surface area contributed by atoms with Crippen LogP contribution in [-0.4, -0.2) is 16.1 Å². The number of para-hydroxylation sites is 1. The van der Waals surface area contributed by atoms with Crippen LogP contribution < -0.4 is 11.1 Å². The molecule has 2 rings (SSSR count). The summed E-state index contributed by atoms with van der Waals surface area (Å²) in [5.74, 6) is -0.198. The van der Waals surface area contributed by atoms with Gasteiger partial charge in [-0.2, -0.15) is 10.2 Å². The first-order chi connectivity index (χ1) is 9.11. The zero-order valence-electron chi connectivity index (χ0n) is 11.0. The highest BCUT2D eigenvalue weighted by molar-refractivity contribution is 6.05. The standard InChI is InChI=1S/C14H16N4O/c1-9-7-12(10(2)18-17-9)14(19)16-13-6-4-3-5-11(13)8-15/h3-7H,8,15H2,1-2H3,(H,16,19). The highest BCUT2D eigenvalue weighted by Crippen LogP contribution is 2.16. The third-order valence-electron chi connectivity index (χ3n) is 2.83. The molecule has 0 unspecified atom stereocenters. The van der Waals surface area contributed by atoms with Crippen LogP contribution in [0.25, 0.3) is 0 Å². The van der Waals surface area contributed by atoms with Gasteiger partial charge in [0.05, 0.1) is 17.0 Å². The fourth-order valence-corrected chi connectivity index (χ4v) is 1.79. The number of anilines is 1. The molecular weight excluding hydrogens is 240 g/mol. The normalized spacial score (nSPS) is 10.3. The Balaban J connectivity index is 2.28. The van der Waals surface area contributed by atoms with E-state index < -0.39 is 0 Å². The Bertz CT molecular complexity index is 610. The van der Waals surface area contributed by atoms with Crippen LogP contribution in [0.2, 0.25) is 0 Å².